The first-order chi connectivity index (χ1) is 9.84. The van der Waals surface area contributed by atoms with Crippen molar-refractivity contribution < 1.29 is 42.5 Å². The van der Waals surface area contributed by atoms with Crippen molar-refractivity contribution in [3.8, 4) is 10.6 Å². The third kappa shape index (κ3) is 3.34. The van der Waals surface area contributed by atoms with E-state index in [9.17, 15) is 13.0 Å². The zero-order chi connectivity index (χ0) is 15.2. The summed E-state index contributed by atoms with van der Waals surface area (Å²) < 4.78 is 34.8. The second kappa shape index (κ2) is 6.27. The summed E-state index contributed by atoms with van der Waals surface area (Å²) in [6.07, 6.45) is 0. The van der Waals surface area contributed by atoms with Crippen molar-refractivity contribution in [3.63, 3.8) is 0 Å². The summed E-state index contributed by atoms with van der Waals surface area (Å²) in [6.45, 7) is 1.75. The molecule has 0 saturated heterocycles. The number of nitrogens with zero attached hydrogens (tertiary/aromatic N) is 1. The van der Waals surface area contributed by atoms with Gasteiger partial charge in [0.25, 0.3) is 0 Å². The monoisotopic (exact) mass is 342 g/mol. The van der Waals surface area contributed by atoms with E-state index >= 15 is 0 Å². The van der Waals surface area contributed by atoms with Crippen LogP contribution >= 0.6 is 11.3 Å². The standard InChI is InChI=1S/C14H12N2O3S2.Na/c1-8-6-11-13(12(7-8)21(17,18)19)16-14(20-11)9-2-4-10(15)5-3-9;/h2-7H,15H2,1H3,(H,17,18,19);/q;+1/p-1. The Morgan fingerprint density at radius 1 is 1.18 bits per heavy atom. The Kier molecular flexibility index (Phi) is 4.96. The topological polar surface area (TPSA) is 96.1 Å². The smallest absolute Gasteiger partial charge is 0.744 e. The number of hydrogen-bond acceptors (Lipinski definition) is 6. The zero-order valence-electron chi connectivity index (χ0n) is 12.0. The van der Waals surface area contributed by atoms with Crippen molar-refractivity contribution in [2.45, 2.75) is 11.8 Å². The number of nitrogens with two attached hydrogens (primary N) is 1. The van der Waals surface area contributed by atoms with Gasteiger partial charge >= 0.3 is 29.6 Å². The molecule has 1 heterocycles. The van der Waals surface area contributed by atoms with Crippen LogP contribution < -0.4 is 35.3 Å². The molecule has 0 unspecified atom stereocenters. The number of fused-ring (bicyclic) bond motifs is 1. The maximum absolute atomic E-state index is 11.4. The fourth-order valence-corrected chi connectivity index (χ4v) is 3.95. The van der Waals surface area contributed by atoms with Crippen LogP contribution in [0.1, 0.15) is 5.56 Å². The average Bonchev–Trinajstić information content (AvgIpc) is 2.80. The number of aromatic nitrogens is 1. The van der Waals surface area contributed by atoms with Gasteiger partial charge in [0.1, 0.15) is 15.1 Å². The van der Waals surface area contributed by atoms with Crippen LogP contribution in [0.2, 0.25) is 0 Å². The van der Waals surface area contributed by atoms with Gasteiger partial charge in [-0.05, 0) is 48.9 Å². The number of hydrogen-bond donors (Lipinski definition) is 1. The fourth-order valence-electron chi connectivity index (χ4n) is 2.07. The Labute approximate surface area is 154 Å². The molecule has 0 fully saturated rings. The summed E-state index contributed by atoms with van der Waals surface area (Å²) in [5.41, 5.74) is 8.05. The van der Waals surface area contributed by atoms with Crippen LogP contribution in [-0.2, 0) is 10.1 Å². The third-order valence-corrected chi connectivity index (χ3v) is 4.93. The molecule has 0 amide bonds. The molecule has 1 aromatic heterocycles. The van der Waals surface area contributed by atoms with Crippen LogP contribution in [0.3, 0.4) is 0 Å². The molecule has 3 aromatic rings. The maximum atomic E-state index is 11.4. The van der Waals surface area contributed by atoms with E-state index in [1.165, 1.54) is 17.4 Å². The molecule has 2 N–H and O–H groups in total. The van der Waals surface area contributed by atoms with Gasteiger partial charge in [0.15, 0.2) is 0 Å². The van der Waals surface area contributed by atoms with Gasteiger partial charge in [0.05, 0.1) is 15.1 Å². The number of nitrogen functional groups attached to an aromatic ring is 1. The first-order valence-corrected chi connectivity index (χ1v) is 8.30. The SMILES string of the molecule is Cc1cc(S(=O)(=O)[O-])c2nc(-c3ccc(N)cc3)sc2c1.[Na+]. The van der Waals surface area contributed by atoms with Gasteiger partial charge in [0.2, 0.25) is 0 Å². The van der Waals surface area contributed by atoms with E-state index in [1.54, 1.807) is 19.1 Å². The number of anilines is 1. The quantitative estimate of drug-likeness (QED) is 0.394. The van der Waals surface area contributed by atoms with Crippen LogP contribution in [0.25, 0.3) is 20.8 Å². The molecule has 5 nitrogen and oxygen atoms in total. The van der Waals surface area contributed by atoms with Crippen molar-refractivity contribution in [3.05, 3.63) is 42.0 Å². The predicted molar refractivity (Wildman–Crippen MR) is 82.2 cm³/mol. The Bertz CT molecular complexity index is 935. The molecule has 0 bridgehead atoms. The predicted octanol–water partition coefficient (Wildman–Crippen LogP) is -0.238. The maximum Gasteiger partial charge on any atom is 1.00 e. The van der Waals surface area contributed by atoms with Gasteiger partial charge in [-0.3, -0.25) is 0 Å². The Morgan fingerprint density at radius 2 is 1.82 bits per heavy atom. The Morgan fingerprint density at radius 3 is 2.41 bits per heavy atom. The second-order valence-corrected chi connectivity index (χ2v) is 7.08. The molecule has 0 aliphatic rings. The molecule has 0 aliphatic heterocycles. The van der Waals surface area contributed by atoms with E-state index in [0.29, 0.717) is 21.0 Å². The molecule has 0 atom stereocenters. The van der Waals surface area contributed by atoms with Gasteiger partial charge in [0, 0.05) is 11.3 Å². The number of thiazole rings is 1. The molecular formula is C14H11N2NaO3S2. The van der Waals surface area contributed by atoms with Crippen molar-refractivity contribution in [1.29, 1.82) is 0 Å². The third-order valence-electron chi connectivity index (χ3n) is 3.03. The molecule has 0 saturated carbocycles. The van der Waals surface area contributed by atoms with Crippen molar-refractivity contribution in [1.82, 2.24) is 4.98 Å². The summed E-state index contributed by atoms with van der Waals surface area (Å²) in [6, 6.07) is 10.3. The summed E-state index contributed by atoms with van der Waals surface area (Å²) in [4.78, 5) is 4.05. The largest absolute Gasteiger partial charge is 1.00 e. The normalized spacial score (nSPS) is 11.4. The molecule has 3 rings (SSSR count). The van der Waals surface area contributed by atoms with E-state index in [2.05, 4.69) is 4.98 Å². The molecule has 0 radical (unpaired) electrons. The minimum atomic E-state index is -4.55. The summed E-state index contributed by atoms with van der Waals surface area (Å²) >= 11 is 1.35. The van der Waals surface area contributed by atoms with E-state index in [0.717, 1.165) is 5.56 Å². The fraction of sp³-hybridized carbons (Fsp3) is 0.0714. The minimum Gasteiger partial charge on any atom is -0.744 e. The molecular weight excluding hydrogens is 331 g/mol. The zero-order valence-corrected chi connectivity index (χ0v) is 15.7. The number of rotatable bonds is 2. The van der Waals surface area contributed by atoms with Crippen molar-refractivity contribution in [2.24, 2.45) is 0 Å². The average molecular weight is 342 g/mol. The van der Waals surface area contributed by atoms with Gasteiger partial charge in [-0.25, -0.2) is 13.4 Å². The van der Waals surface area contributed by atoms with Crippen LogP contribution in [0.5, 0.6) is 0 Å². The van der Waals surface area contributed by atoms with Crippen LogP contribution in [0, 0.1) is 6.92 Å². The van der Waals surface area contributed by atoms with Crippen molar-refractivity contribution >= 4 is 37.4 Å². The van der Waals surface area contributed by atoms with Gasteiger partial charge < -0.3 is 10.3 Å². The summed E-state index contributed by atoms with van der Waals surface area (Å²) in [7, 11) is -4.55. The summed E-state index contributed by atoms with van der Waals surface area (Å²) in [5, 5.41) is 0.653. The van der Waals surface area contributed by atoms with E-state index in [4.69, 9.17) is 5.73 Å². The van der Waals surface area contributed by atoms with Gasteiger partial charge in [-0.2, -0.15) is 0 Å². The van der Waals surface area contributed by atoms with Gasteiger partial charge in [-0.1, -0.05) is 0 Å². The molecule has 8 heteroatoms. The minimum absolute atomic E-state index is 0. The molecule has 22 heavy (non-hydrogen) atoms. The molecule has 2 aromatic carbocycles. The Balaban J connectivity index is 0.00000176. The number of aryl methyl sites for hydroxylation is 1. The first kappa shape index (κ1) is 17.4. The van der Waals surface area contributed by atoms with E-state index < -0.39 is 10.1 Å². The second-order valence-electron chi connectivity index (χ2n) is 4.70. The first-order valence-electron chi connectivity index (χ1n) is 6.07. The van der Waals surface area contributed by atoms with Crippen molar-refractivity contribution in [2.75, 3.05) is 5.73 Å². The van der Waals surface area contributed by atoms with E-state index in [-0.39, 0.29) is 40.0 Å². The Hall–Kier alpha value is -0.960. The molecule has 0 aliphatic carbocycles. The van der Waals surface area contributed by atoms with E-state index in [1.807, 2.05) is 18.2 Å². The number of benzene rings is 2. The van der Waals surface area contributed by atoms with Gasteiger partial charge in [-0.15, -0.1) is 11.3 Å². The van der Waals surface area contributed by atoms with Crippen LogP contribution in [-0.4, -0.2) is 18.0 Å². The summed E-state index contributed by atoms with van der Waals surface area (Å²) in [5.74, 6) is 0. The molecule has 108 valence electrons. The van der Waals surface area contributed by atoms with Crippen LogP contribution in [0.15, 0.2) is 41.3 Å². The van der Waals surface area contributed by atoms with Crippen LogP contribution in [0.4, 0.5) is 5.69 Å². The molecule has 0 spiro atoms.